The van der Waals surface area contributed by atoms with E-state index in [0.29, 0.717) is 27.7 Å². The quantitative estimate of drug-likeness (QED) is 0.102. The lowest BCUT2D eigenvalue weighted by Gasteiger charge is -2.45. The molecule has 1 aromatic carbocycles. The molecule has 77 heavy (non-hydrogen) atoms. The van der Waals surface area contributed by atoms with E-state index in [0.717, 1.165) is 0 Å². The molecule has 2 nitrogen and oxygen atoms in total. The van der Waals surface area contributed by atoms with Gasteiger partial charge < -0.3 is 9.31 Å². The van der Waals surface area contributed by atoms with Crippen molar-refractivity contribution in [2.45, 2.75) is 158 Å². The lowest BCUT2D eigenvalue weighted by atomic mass is 9.75. The van der Waals surface area contributed by atoms with Crippen LogP contribution >= 0.6 is 0 Å². The maximum Gasteiger partial charge on any atom is 0.494 e. The van der Waals surface area contributed by atoms with Crippen LogP contribution in [-0.4, -0.2) is 125 Å². The second-order valence-corrected chi connectivity index (χ2v) is 16.8. The van der Waals surface area contributed by atoms with E-state index < -0.39 is 172 Å². The molecule has 1 fully saturated rings. The summed E-state index contributed by atoms with van der Waals surface area (Å²) in [6.07, 6.45) is -16.8. The van der Waals surface area contributed by atoms with Crippen LogP contribution in [0.15, 0.2) is 18.2 Å². The summed E-state index contributed by atoms with van der Waals surface area (Å²) in [7, 11) is -3.35. The first-order valence-corrected chi connectivity index (χ1v) is 18.1. The number of hydrogen-bond donors (Lipinski definition) is 0. The van der Waals surface area contributed by atoms with E-state index in [1.54, 1.807) is 0 Å². The third-order valence-corrected chi connectivity index (χ3v) is 11.2. The summed E-state index contributed by atoms with van der Waals surface area (Å²) in [5.41, 5.74) is -15.9. The Morgan fingerprint density at radius 1 is 0.247 bits per heavy atom. The first kappa shape index (κ1) is 69.4. The monoisotopic (exact) mass is 1240 g/mol. The molecule has 0 unspecified atom stereocenters. The highest BCUT2D eigenvalue weighted by molar-refractivity contribution is 6.62. The second-order valence-electron chi connectivity index (χ2n) is 16.8. The maximum atomic E-state index is 15.6. The van der Waals surface area contributed by atoms with Crippen molar-refractivity contribution < 1.29 is 194 Å². The van der Waals surface area contributed by atoms with Gasteiger partial charge in [0.1, 0.15) is 0 Å². The molecule has 2 rings (SSSR count). The summed E-state index contributed by atoms with van der Waals surface area (Å²) in [5, 5.41) is 0. The van der Waals surface area contributed by atoms with Crippen LogP contribution in [0.5, 0.6) is 0 Å². The van der Waals surface area contributed by atoms with E-state index in [9.17, 15) is 149 Å². The number of alkyl halides is 42. The van der Waals surface area contributed by atoms with Gasteiger partial charge in [-0.3, -0.25) is 0 Å². The van der Waals surface area contributed by atoms with Crippen molar-refractivity contribution in [1.82, 2.24) is 0 Å². The molecule has 0 saturated carbocycles. The molecular formula is C32H15BF42O2. The normalized spacial score (nSPS) is 18.9. The molecule has 1 saturated heterocycles. The highest BCUT2D eigenvalue weighted by Crippen LogP contribution is 2.70. The fourth-order valence-corrected chi connectivity index (χ4v) is 5.61. The number of halogens is 42. The van der Waals surface area contributed by atoms with Gasteiger partial charge in [-0.1, -0.05) is 12.1 Å². The molecule has 1 aliphatic heterocycles. The molecule has 1 aromatic rings. The van der Waals surface area contributed by atoms with Crippen LogP contribution in [-0.2, 0) is 21.2 Å². The molecule has 45 heteroatoms. The molecule has 0 aromatic heterocycles. The fraction of sp³-hybridized carbons (Fsp3) is 0.812. The molecule has 0 bridgehead atoms. The third kappa shape index (κ3) is 8.47. The smallest absolute Gasteiger partial charge is 0.399 e. The summed E-state index contributed by atoms with van der Waals surface area (Å²) in [4.78, 5) is 0. The van der Waals surface area contributed by atoms with Crippen molar-refractivity contribution in [2.75, 3.05) is 0 Å². The SMILES string of the molecule is CC1(C)OB(c2cc(C(F)(F)C(F)(F)C(F)(F)C(F)(F)C(F)(F)C(F)(F)C(F)(F)C(F)(F)C(F)(F)C(F)(F)F)cc(C(F)(F)C(F)(F)C(F)(F)C(F)(F)C(F)(F)C(F)(F)C(F)(F)C(F)(F)C(F)(F)C(F)(F)F)c2)OC1(C)C. The van der Waals surface area contributed by atoms with E-state index in [2.05, 4.69) is 0 Å². The summed E-state index contributed by atoms with van der Waals surface area (Å²) in [6, 6.07) is -5.47. The lowest BCUT2D eigenvalue weighted by molar-refractivity contribution is -0.475. The van der Waals surface area contributed by atoms with Gasteiger partial charge in [0.15, 0.2) is 0 Å². The second kappa shape index (κ2) is 17.4. The molecule has 452 valence electrons. The Hall–Kier alpha value is -3.74. The van der Waals surface area contributed by atoms with Crippen molar-refractivity contribution >= 4 is 12.6 Å². The van der Waals surface area contributed by atoms with E-state index in [-0.39, 0.29) is 0 Å². The summed E-state index contributed by atoms with van der Waals surface area (Å²) < 4.78 is 600. The topological polar surface area (TPSA) is 18.5 Å². The molecule has 0 N–H and O–H groups in total. The third-order valence-electron chi connectivity index (χ3n) is 11.2. The number of hydrogen-bond acceptors (Lipinski definition) is 2. The molecule has 0 radical (unpaired) electrons. The van der Waals surface area contributed by atoms with Crippen LogP contribution in [0.25, 0.3) is 0 Å². The van der Waals surface area contributed by atoms with Gasteiger partial charge in [0.2, 0.25) is 0 Å². The molecule has 1 heterocycles. The molecular weight excluding hydrogens is 1230 g/mol. The van der Waals surface area contributed by atoms with Crippen LogP contribution in [0.2, 0.25) is 0 Å². The summed E-state index contributed by atoms with van der Waals surface area (Å²) in [5.74, 6) is -170. The van der Waals surface area contributed by atoms with Crippen molar-refractivity contribution in [3.8, 4) is 0 Å². The summed E-state index contributed by atoms with van der Waals surface area (Å²) in [6.45, 7) is 2.53. The van der Waals surface area contributed by atoms with Crippen molar-refractivity contribution in [1.29, 1.82) is 0 Å². The molecule has 0 spiro atoms. The first-order valence-electron chi connectivity index (χ1n) is 18.1. The van der Waals surface area contributed by atoms with E-state index in [1.807, 2.05) is 0 Å². The predicted molar refractivity (Wildman–Crippen MR) is 161 cm³/mol. The van der Waals surface area contributed by atoms with E-state index in [1.165, 1.54) is 0 Å². The average Bonchev–Trinajstić information content (AvgIpc) is 3.43. The number of rotatable bonds is 19. The van der Waals surface area contributed by atoms with Crippen LogP contribution in [0.4, 0.5) is 184 Å². The zero-order valence-electron chi connectivity index (χ0n) is 35.5. The molecule has 1 aliphatic rings. The highest BCUT2D eigenvalue weighted by atomic mass is 19.5. The minimum atomic E-state index is -9.93. The van der Waals surface area contributed by atoms with E-state index in [4.69, 9.17) is 9.31 Å². The average molecular weight is 1240 g/mol. The van der Waals surface area contributed by atoms with Crippen molar-refractivity contribution in [3.63, 3.8) is 0 Å². The first-order chi connectivity index (χ1) is 32.6. The Kier molecular flexibility index (Phi) is 15.7. The Balaban J connectivity index is 3.15. The molecule has 0 amide bonds. The van der Waals surface area contributed by atoms with Crippen LogP contribution in [0.1, 0.15) is 38.8 Å². The lowest BCUT2D eigenvalue weighted by Crippen LogP contribution is -2.76. The minimum absolute atomic E-state index is 0.633. The van der Waals surface area contributed by atoms with Gasteiger partial charge in [0, 0.05) is 11.1 Å². The van der Waals surface area contributed by atoms with Crippen molar-refractivity contribution in [3.05, 3.63) is 29.3 Å². The van der Waals surface area contributed by atoms with Crippen molar-refractivity contribution in [2.24, 2.45) is 0 Å². The van der Waals surface area contributed by atoms with Gasteiger partial charge in [0.05, 0.1) is 11.2 Å². The van der Waals surface area contributed by atoms with Gasteiger partial charge in [-0.2, -0.15) is 184 Å². The van der Waals surface area contributed by atoms with Gasteiger partial charge >= 0.3 is 126 Å². The largest absolute Gasteiger partial charge is 0.494 e. The Morgan fingerprint density at radius 2 is 0.403 bits per heavy atom. The highest BCUT2D eigenvalue weighted by Gasteiger charge is 3.00. The zero-order valence-corrected chi connectivity index (χ0v) is 35.5. The Labute approximate surface area is 394 Å². The minimum Gasteiger partial charge on any atom is -0.399 e. The van der Waals surface area contributed by atoms with Crippen LogP contribution < -0.4 is 5.46 Å². The zero-order chi connectivity index (χ0) is 62.8. The van der Waals surface area contributed by atoms with Crippen LogP contribution in [0.3, 0.4) is 0 Å². The van der Waals surface area contributed by atoms with Gasteiger partial charge in [-0.25, -0.2) is 0 Å². The summed E-state index contributed by atoms with van der Waals surface area (Å²) >= 11 is 0. The van der Waals surface area contributed by atoms with Gasteiger partial charge in [0.25, 0.3) is 0 Å². The standard InChI is InChI=1S/C32H15BF42O2/c1-11(2)12(3,4)77-33(76-11)10-6-8(13(34,35)15(38,39)17(42,43)19(46,47)21(50,51)23(54,55)25(58,59)27(62,63)29(66,67)31(70,71)72)5-9(7-10)14(36,37)16(40,41)18(44,45)20(48,49)22(52,53)24(56,57)26(60,61)28(64,65)30(68,69)32(73,74)75/h5-7H,1-4H3. The predicted octanol–water partition coefficient (Wildman–Crippen LogP) is 15.5. The Morgan fingerprint density at radius 3 is 0.571 bits per heavy atom. The molecule has 0 atom stereocenters. The Bertz CT molecular complexity index is 2190. The maximum absolute atomic E-state index is 15.6. The fourth-order valence-electron chi connectivity index (χ4n) is 5.61. The van der Waals surface area contributed by atoms with Crippen LogP contribution in [0, 0.1) is 0 Å². The number of benzene rings is 1. The van der Waals surface area contributed by atoms with E-state index >= 15 is 35.1 Å². The van der Waals surface area contributed by atoms with Gasteiger partial charge in [-0.05, 0) is 39.2 Å². The molecule has 0 aliphatic carbocycles. The van der Waals surface area contributed by atoms with Gasteiger partial charge in [-0.15, -0.1) is 0 Å².